The van der Waals surface area contributed by atoms with Crippen LogP contribution in [0.3, 0.4) is 0 Å². The molecule has 33 heavy (non-hydrogen) atoms. The Morgan fingerprint density at radius 3 is 1.67 bits per heavy atom. The first-order valence-corrected chi connectivity index (χ1v) is 13.0. The van der Waals surface area contributed by atoms with E-state index in [1.54, 1.807) is 0 Å². The maximum Gasteiger partial charge on any atom is 0.221 e. The molecule has 0 saturated carbocycles. The van der Waals surface area contributed by atoms with E-state index in [4.69, 9.17) is 23.3 Å². The van der Waals surface area contributed by atoms with Crippen LogP contribution in [-0.4, -0.2) is 36.1 Å². The van der Waals surface area contributed by atoms with E-state index in [9.17, 15) is 0 Å². The summed E-state index contributed by atoms with van der Waals surface area (Å²) in [6.07, 6.45) is 7.82. The van der Waals surface area contributed by atoms with Crippen LogP contribution in [0.5, 0.6) is 0 Å². The summed E-state index contributed by atoms with van der Waals surface area (Å²) in [5.74, 6) is 2.58. The molecule has 0 aliphatic rings. The lowest BCUT2D eigenvalue weighted by Crippen LogP contribution is -2.37. The highest BCUT2D eigenvalue weighted by Crippen LogP contribution is 2.55. The lowest BCUT2D eigenvalue weighted by atomic mass is 10.3. The molecule has 0 saturated heterocycles. The van der Waals surface area contributed by atoms with Gasteiger partial charge in [0.05, 0.1) is 6.16 Å². The van der Waals surface area contributed by atoms with Crippen molar-refractivity contribution in [2.45, 2.75) is 12.8 Å². The summed E-state index contributed by atoms with van der Waals surface area (Å²) in [6, 6.07) is 32.3. The molecule has 0 aromatic heterocycles. The van der Waals surface area contributed by atoms with Crippen molar-refractivity contribution < 1.29 is 0 Å². The van der Waals surface area contributed by atoms with Gasteiger partial charge in [-0.25, -0.2) is 0 Å². The molecule has 0 bridgehead atoms. The van der Waals surface area contributed by atoms with Gasteiger partial charge in [-0.2, -0.15) is 4.99 Å². The van der Waals surface area contributed by atoms with E-state index in [0.29, 0.717) is 19.5 Å². The first kappa shape index (κ1) is 24.0. The first-order valence-electron chi connectivity index (χ1n) is 11.0. The van der Waals surface area contributed by atoms with Crippen molar-refractivity contribution in [2.24, 2.45) is 16.5 Å². The second-order valence-corrected chi connectivity index (χ2v) is 11.3. The Morgan fingerprint density at radius 2 is 1.27 bits per heavy atom. The molecule has 3 rings (SSSR count). The molecule has 0 heterocycles. The van der Waals surface area contributed by atoms with Gasteiger partial charge in [-0.05, 0) is 42.8 Å². The Labute approximate surface area is 197 Å². The van der Waals surface area contributed by atoms with Crippen molar-refractivity contribution >= 4 is 35.1 Å². The summed E-state index contributed by atoms with van der Waals surface area (Å²) in [5.41, 5.74) is 11.0. The van der Waals surface area contributed by atoms with Crippen molar-refractivity contribution in [3.63, 3.8) is 0 Å². The average Bonchev–Trinajstić information content (AvgIpc) is 2.85. The largest absolute Gasteiger partial charge is 0.370 e. The number of hydrogen-bond donors (Lipinski definition) is 3. The van der Waals surface area contributed by atoms with Crippen LogP contribution >= 0.6 is 7.26 Å². The Bertz CT molecular complexity index is 991. The molecule has 0 aliphatic heterocycles. The predicted octanol–water partition coefficient (Wildman–Crippen LogP) is 2.90. The van der Waals surface area contributed by atoms with E-state index < -0.39 is 7.26 Å². The number of nitrogens with zero attached hydrogens (tertiary/aromatic N) is 2. The number of hydrogen-bond acceptors (Lipinski definition) is 1. The van der Waals surface area contributed by atoms with Gasteiger partial charge in [-0.3, -0.25) is 5.41 Å². The fourth-order valence-corrected chi connectivity index (χ4v) is 8.42. The van der Waals surface area contributed by atoms with Crippen molar-refractivity contribution in [1.29, 1.82) is 5.41 Å². The highest BCUT2D eigenvalue weighted by Gasteiger charge is 2.44. The first-order chi connectivity index (χ1) is 16.1. The topological polar surface area (TPSA) is 91.5 Å². The summed E-state index contributed by atoms with van der Waals surface area (Å²) < 4.78 is 0. The normalized spacial score (nSPS) is 10.8. The van der Waals surface area contributed by atoms with E-state index in [2.05, 4.69) is 102 Å². The molecule has 0 atom stereocenters. The molecule has 5 nitrogen and oxygen atoms in total. The fourth-order valence-electron chi connectivity index (χ4n) is 4.10. The summed E-state index contributed by atoms with van der Waals surface area (Å²) in [6.45, 7) is 1.19. The van der Waals surface area contributed by atoms with Crippen LogP contribution in [0, 0.1) is 17.8 Å². The molecule has 0 spiro atoms. The van der Waals surface area contributed by atoms with Gasteiger partial charge in [-0.15, -0.1) is 12.3 Å². The molecular weight excluding hydrogens is 425 g/mol. The quantitative estimate of drug-likeness (QED) is 0.200. The lowest BCUT2D eigenvalue weighted by Gasteiger charge is -2.29. The van der Waals surface area contributed by atoms with Crippen LogP contribution in [0.2, 0.25) is 0 Å². The molecule has 3 aromatic rings. The van der Waals surface area contributed by atoms with Gasteiger partial charge in [0.1, 0.15) is 23.2 Å². The number of terminal acetylenes is 1. The minimum Gasteiger partial charge on any atom is -0.370 e. The number of guanidine groups is 2. The zero-order valence-corrected chi connectivity index (χ0v) is 19.7. The minimum absolute atomic E-state index is 0.0494. The number of nitrogens with two attached hydrogens (primary N) is 2. The molecular formula is C27H31N5P+. The van der Waals surface area contributed by atoms with Gasteiger partial charge >= 0.3 is 0 Å². The number of benzene rings is 3. The summed E-state index contributed by atoms with van der Waals surface area (Å²) in [4.78, 5) is 5.80. The molecule has 6 heteroatoms. The van der Waals surface area contributed by atoms with Gasteiger partial charge < -0.3 is 16.4 Å². The molecule has 0 fully saturated rings. The minimum atomic E-state index is -1.92. The smallest absolute Gasteiger partial charge is 0.221 e. The molecule has 0 aliphatic carbocycles. The summed E-state index contributed by atoms with van der Waals surface area (Å²) >= 11 is 0. The summed E-state index contributed by atoms with van der Waals surface area (Å²) in [5, 5.41) is 12.3. The fraction of sp³-hybridized carbons (Fsp3) is 0.185. The van der Waals surface area contributed by atoms with E-state index in [1.807, 2.05) is 4.90 Å². The third-order valence-electron chi connectivity index (χ3n) is 5.57. The Morgan fingerprint density at radius 1 is 0.818 bits per heavy atom. The number of nitrogens with one attached hydrogen (secondary N) is 1. The highest BCUT2D eigenvalue weighted by atomic mass is 31.2. The monoisotopic (exact) mass is 456 g/mol. The molecule has 168 valence electrons. The van der Waals surface area contributed by atoms with E-state index in [0.717, 1.165) is 12.6 Å². The van der Waals surface area contributed by atoms with Gasteiger partial charge in [-0.1, -0.05) is 54.6 Å². The van der Waals surface area contributed by atoms with Crippen molar-refractivity contribution in [1.82, 2.24) is 4.90 Å². The third kappa shape index (κ3) is 6.00. The summed E-state index contributed by atoms with van der Waals surface area (Å²) in [7, 11) is -1.92. The second kappa shape index (κ2) is 11.9. The predicted molar refractivity (Wildman–Crippen MR) is 143 cm³/mol. The van der Waals surface area contributed by atoms with Crippen LogP contribution in [-0.2, 0) is 0 Å². The highest BCUT2D eigenvalue weighted by molar-refractivity contribution is 7.95. The maximum absolute atomic E-state index is 8.30. The second-order valence-electron chi connectivity index (χ2n) is 7.70. The van der Waals surface area contributed by atoms with Crippen LogP contribution in [0.1, 0.15) is 12.8 Å². The molecule has 0 unspecified atom stereocenters. The van der Waals surface area contributed by atoms with Crippen LogP contribution in [0.15, 0.2) is 96.0 Å². The standard InChI is InChI=1S/C27H31N5P/c1-2-3-20-32(27(30)31-26(28)29)21-13-22-33(23-14-7-4-8-15-23,24-16-9-5-10-17-24)25-18-11-6-12-19-25/h1,4-12,14-19H,3,13,20-22H2,(H5,28,29,30,31)/q+1. The molecule has 0 radical (unpaired) electrons. The Balaban J connectivity index is 1.99. The lowest BCUT2D eigenvalue weighted by molar-refractivity contribution is 0.421. The third-order valence-corrected chi connectivity index (χ3v) is 10.1. The zero-order valence-electron chi connectivity index (χ0n) is 18.8. The van der Waals surface area contributed by atoms with Crippen molar-refractivity contribution in [3.05, 3.63) is 91.0 Å². The van der Waals surface area contributed by atoms with Crippen molar-refractivity contribution in [2.75, 3.05) is 19.3 Å². The average molecular weight is 457 g/mol. The van der Waals surface area contributed by atoms with Gasteiger partial charge in [0.2, 0.25) is 5.96 Å². The van der Waals surface area contributed by atoms with Gasteiger partial charge in [0, 0.05) is 19.5 Å². The SMILES string of the molecule is C#CCCN(CCC[P+](c1ccccc1)(c1ccccc1)c1ccccc1)C(=N)N=C(N)N. The zero-order chi connectivity index (χ0) is 23.5. The Hall–Kier alpha value is -3.61. The molecule has 0 amide bonds. The van der Waals surface area contributed by atoms with E-state index in [1.165, 1.54) is 15.9 Å². The van der Waals surface area contributed by atoms with Crippen LogP contribution in [0.25, 0.3) is 0 Å². The number of aliphatic imine (C=N–C) groups is 1. The maximum atomic E-state index is 8.30. The van der Waals surface area contributed by atoms with Crippen molar-refractivity contribution in [3.8, 4) is 12.3 Å². The van der Waals surface area contributed by atoms with Gasteiger partial charge in [0.15, 0.2) is 5.96 Å². The number of rotatable bonds is 9. The molecule has 3 aromatic carbocycles. The molecule has 5 N–H and O–H groups in total. The van der Waals surface area contributed by atoms with Crippen LogP contribution < -0.4 is 27.4 Å². The Kier molecular flexibility index (Phi) is 8.63. The van der Waals surface area contributed by atoms with Crippen LogP contribution in [0.4, 0.5) is 0 Å². The van der Waals surface area contributed by atoms with Gasteiger partial charge in [0.25, 0.3) is 0 Å². The van der Waals surface area contributed by atoms with E-state index >= 15 is 0 Å². The van der Waals surface area contributed by atoms with E-state index in [-0.39, 0.29) is 11.9 Å².